The summed E-state index contributed by atoms with van der Waals surface area (Å²) in [5, 5.41) is 2.34. The van der Waals surface area contributed by atoms with Gasteiger partial charge in [-0.1, -0.05) is 0 Å². The third-order valence-corrected chi connectivity index (χ3v) is 3.83. The van der Waals surface area contributed by atoms with E-state index in [2.05, 4.69) is 26.0 Å². The summed E-state index contributed by atoms with van der Waals surface area (Å²) >= 11 is 3.13. The Balaban J connectivity index is 2.12. The van der Waals surface area contributed by atoms with E-state index in [-0.39, 0.29) is 17.0 Å². The highest BCUT2D eigenvalue weighted by atomic mass is 79.9. The molecule has 0 aliphatic rings. The molecule has 0 spiro atoms. The van der Waals surface area contributed by atoms with Crippen LogP contribution in [0.5, 0.6) is 5.75 Å². The minimum Gasteiger partial charge on any atom is -0.480 e. The van der Waals surface area contributed by atoms with Crippen LogP contribution in [0.4, 0.5) is 14.5 Å². The number of ether oxygens (including phenoxy) is 2. The van der Waals surface area contributed by atoms with Gasteiger partial charge in [0.05, 0.1) is 22.8 Å². The predicted octanol–water partition coefficient (Wildman–Crippen LogP) is 3.92. The molecule has 2 aromatic rings. The van der Waals surface area contributed by atoms with Crippen molar-refractivity contribution < 1.29 is 27.8 Å². The third-order valence-electron chi connectivity index (χ3n) is 3.21. The number of carbonyl (C=O) groups excluding carboxylic acids is 2. The summed E-state index contributed by atoms with van der Waals surface area (Å²) in [5.41, 5.74) is -0.0874. The van der Waals surface area contributed by atoms with Gasteiger partial charge in [0.25, 0.3) is 5.91 Å². The van der Waals surface area contributed by atoms with E-state index >= 15 is 0 Å². The molecule has 25 heavy (non-hydrogen) atoms. The van der Waals surface area contributed by atoms with E-state index in [4.69, 9.17) is 4.74 Å². The number of rotatable bonds is 5. The molecular weight excluding hydrogens is 400 g/mol. The lowest BCUT2D eigenvalue weighted by Crippen LogP contribution is -2.30. The summed E-state index contributed by atoms with van der Waals surface area (Å²) in [7, 11) is 1.19. The van der Waals surface area contributed by atoms with Crippen molar-refractivity contribution in [1.82, 2.24) is 0 Å². The maximum atomic E-state index is 13.8. The van der Waals surface area contributed by atoms with Crippen LogP contribution >= 0.6 is 15.9 Å². The van der Waals surface area contributed by atoms with Crippen molar-refractivity contribution in [1.29, 1.82) is 0 Å². The summed E-state index contributed by atoms with van der Waals surface area (Å²) < 4.78 is 37.2. The second-order valence-electron chi connectivity index (χ2n) is 5.01. The molecule has 1 amide bonds. The monoisotopic (exact) mass is 413 g/mol. The molecule has 0 bridgehead atoms. The molecule has 0 saturated heterocycles. The first-order valence-electron chi connectivity index (χ1n) is 7.12. The summed E-state index contributed by atoms with van der Waals surface area (Å²) in [6.07, 6.45) is -0.997. The second kappa shape index (κ2) is 8.06. The predicted molar refractivity (Wildman–Crippen MR) is 90.6 cm³/mol. The van der Waals surface area contributed by atoms with Crippen LogP contribution in [-0.4, -0.2) is 25.1 Å². The van der Waals surface area contributed by atoms with Crippen LogP contribution in [0, 0.1) is 11.6 Å². The molecule has 2 rings (SSSR count). The number of esters is 1. The minimum absolute atomic E-state index is 0.0917. The van der Waals surface area contributed by atoms with E-state index < -0.39 is 29.6 Å². The average Bonchev–Trinajstić information content (AvgIpc) is 2.58. The fraction of sp³-hybridized carbons (Fsp3) is 0.176. The molecule has 1 atom stereocenters. The van der Waals surface area contributed by atoms with Gasteiger partial charge in [0.1, 0.15) is 17.4 Å². The van der Waals surface area contributed by atoms with Crippen molar-refractivity contribution in [2.45, 2.75) is 13.0 Å². The number of hydrogen-bond acceptors (Lipinski definition) is 4. The van der Waals surface area contributed by atoms with Gasteiger partial charge in [0.2, 0.25) is 0 Å². The van der Waals surface area contributed by atoms with Gasteiger partial charge in [-0.3, -0.25) is 4.79 Å². The molecule has 0 heterocycles. The van der Waals surface area contributed by atoms with Gasteiger partial charge >= 0.3 is 5.97 Å². The third kappa shape index (κ3) is 4.76. The molecule has 0 aromatic heterocycles. The highest BCUT2D eigenvalue weighted by Crippen LogP contribution is 2.26. The Morgan fingerprint density at radius 1 is 1.16 bits per heavy atom. The Hall–Kier alpha value is -2.48. The standard InChI is InChI=1S/C17H14BrF2NO4/c1-9(25-15-6-4-11(19)8-12(15)18)16(22)21-14-7-10(17(23)24-2)3-5-13(14)20/h3-9H,1-2H3,(H,21,22). The van der Waals surface area contributed by atoms with Crippen LogP contribution in [0.25, 0.3) is 0 Å². The van der Waals surface area contributed by atoms with Gasteiger partial charge < -0.3 is 14.8 Å². The first-order chi connectivity index (χ1) is 11.8. The van der Waals surface area contributed by atoms with E-state index in [9.17, 15) is 18.4 Å². The lowest BCUT2D eigenvalue weighted by atomic mass is 10.2. The molecule has 8 heteroatoms. The maximum Gasteiger partial charge on any atom is 0.337 e. The Kier molecular flexibility index (Phi) is 6.08. The molecule has 0 fully saturated rings. The number of amides is 1. The number of nitrogens with one attached hydrogen (secondary N) is 1. The van der Waals surface area contributed by atoms with Crippen LogP contribution in [-0.2, 0) is 9.53 Å². The molecule has 5 nitrogen and oxygen atoms in total. The molecule has 2 aromatic carbocycles. The van der Waals surface area contributed by atoms with Crippen LogP contribution in [0.3, 0.4) is 0 Å². The van der Waals surface area contributed by atoms with E-state index in [0.717, 1.165) is 6.07 Å². The average molecular weight is 414 g/mol. The molecular formula is C17H14BrF2NO4. The Morgan fingerprint density at radius 3 is 2.52 bits per heavy atom. The zero-order valence-electron chi connectivity index (χ0n) is 13.3. The van der Waals surface area contributed by atoms with Gasteiger partial charge in [-0.15, -0.1) is 0 Å². The van der Waals surface area contributed by atoms with Crippen LogP contribution in [0.1, 0.15) is 17.3 Å². The summed E-state index contributed by atoms with van der Waals surface area (Å²) in [6, 6.07) is 7.20. The van der Waals surface area contributed by atoms with Gasteiger partial charge in [0.15, 0.2) is 6.10 Å². The number of anilines is 1. The number of benzene rings is 2. The maximum absolute atomic E-state index is 13.8. The van der Waals surface area contributed by atoms with Gasteiger partial charge in [-0.05, 0) is 59.3 Å². The normalized spacial score (nSPS) is 11.6. The van der Waals surface area contributed by atoms with Crippen LogP contribution < -0.4 is 10.1 Å². The fourth-order valence-corrected chi connectivity index (χ4v) is 2.36. The molecule has 0 radical (unpaired) electrons. The topological polar surface area (TPSA) is 64.6 Å². The molecule has 132 valence electrons. The van der Waals surface area contributed by atoms with Gasteiger partial charge in [-0.2, -0.15) is 0 Å². The molecule has 0 aliphatic carbocycles. The van der Waals surface area contributed by atoms with Crippen molar-refractivity contribution in [2.75, 3.05) is 12.4 Å². The van der Waals surface area contributed by atoms with E-state index in [0.29, 0.717) is 4.47 Å². The zero-order chi connectivity index (χ0) is 18.6. The van der Waals surface area contributed by atoms with E-state index in [1.54, 1.807) is 0 Å². The highest BCUT2D eigenvalue weighted by Gasteiger charge is 2.19. The lowest BCUT2D eigenvalue weighted by molar-refractivity contribution is -0.122. The highest BCUT2D eigenvalue weighted by molar-refractivity contribution is 9.10. The summed E-state index contributed by atoms with van der Waals surface area (Å²) in [4.78, 5) is 23.7. The van der Waals surface area contributed by atoms with E-state index in [1.165, 1.54) is 44.4 Å². The van der Waals surface area contributed by atoms with Crippen molar-refractivity contribution in [3.8, 4) is 5.75 Å². The largest absolute Gasteiger partial charge is 0.480 e. The summed E-state index contributed by atoms with van der Waals surface area (Å²) in [6.45, 7) is 1.45. The Labute approximate surface area is 151 Å². The summed E-state index contributed by atoms with van der Waals surface area (Å²) in [5.74, 6) is -2.21. The molecule has 0 aliphatic heterocycles. The van der Waals surface area contributed by atoms with Gasteiger partial charge in [-0.25, -0.2) is 13.6 Å². The number of methoxy groups -OCH3 is 1. The molecule has 0 saturated carbocycles. The lowest BCUT2D eigenvalue weighted by Gasteiger charge is -2.16. The minimum atomic E-state index is -0.997. The van der Waals surface area contributed by atoms with Crippen molar-refractivity contribution in [2.24, 2.45) is 0 Å². The van der Waals surface area contributed by atoms with Crippen molar-refractivity contribution in [3.05, 3.63) is 58.1 Å². The Morgan fingerprint density at radius 2 is 1.88 bits per heavy atom. The first kappa shape index (κ1) is 18.9. The molecule has 1 N–H and O–H groups in total. The Bertz CT molecular complexity index is 813. The second-order valence-corrected chi connectivity index (χ2v) is 5.86. The first-order valence-corrected chi connectivity index (χ1v) is 7.91. The fourth-order valence-electron chi connectivity index (χ4n) is 1.92. The number of hydrogen-bond donors (Lipinski definition) is 1. The van der Waals surface area contributed by atoms with Gasteiger partial charge in [0, 0.05) is 0 Å². The molecule has 1 unspecified atom stereocenters. The zero-order valence-corrected chi connectivity index (χ0v) is 14.9. The van der Waals surface area contributed by atoms with E-state index in [1.807, 2.05) is 0 Å². The number of carbonyl (C=O) groups is 2. The number of halogens is 3. The SMILES string of the molecule is COC(=O)c1ccc(F)c(NC(=O)C(C)Oc2ccc(F)cc2Br)c1. The van der Waals surface area contributed by atoms with Crippen molar-refractivity contribution >= 4 is 33.5 Å². The quantitative estimate of drug-likeness (QED) is 0.754. The van der Waals surface area contributed by atoms with Crippen LogP contribution in [0.15, 0.2) is 40.9 Å². The van der Waals surface area contributed by atoms with Crippen LogP contribution in [0.2, 0.25) is 0 Å². The van der Waals surface area contributed by atoms with Crippen molar-refractivity contribution in [3.63, 3.8) is 0 Å². The smallest absolute Gasteiger partial charge is 0.337 e.